The molecule has 0 amide bonds. The summed E-state index contributed by atoms with van der Waals surface area (Å²) in [5.41, 5.74) is 0. The van der Waals surface area contributed by atoms with Crippen molar-refractivity contribution in [2.45, 2.75) is 26.4 Å². The van der Waals surface area contributed by atoms with Gasteiger partial charge in [-0.1, -0.05) is 19.1 Å². The third-order valence-electron chi connectivity index (χ3n) is 1.01. The molecule has 1 heteroatoms. The summed E-state index contributed by atoms with van der Waals surface area (Å²) in [5, 5.41) is 0. The third-order valence-corrected chi connectivity index (χ3v) is 1.01. The Bertz CT molecular complexity index is 66.8. The Labute approximate surface area is 51.4 Å². The molecule has 48 valence electrons. The van der Waals surface area contributed by atoms with E-state index >= 15 is 0 Å². The van der Waals surface area contributed by atoms with Gasteiger partial charge in [0.1, 0.15) is 0 Å². The monoisotopic (exact) mass is 114 g/mol. The standard InChI is InChI=1S/C7H14O/c1-4-5-6-7(2)8-3/h5-7H,4H2,1-3H3/b6-5+/t7-/m1/s1. The van der Waals surface area contributed by atoms with Crippen molar-refractivity contribution in [3.8, 4) is 0 Å². The highest BCUT2D eigenvalue weighted by Gasteiger charge is 1.86. The van der Waals surface area contributed by atoms with Crippen LogP contribution in [0.3, 0.4) is 0 Å². The Balaban J connectivity index is 3.21. The maximum Gasteiger partial charge on any atom is 0.0723 e. The molecule has 0 aromatic rings. The topological polar surface area (TPSA) is 9.23 Å². The van der Waals surface area contributed by atoms with Crippen molar-refractivity contribution in [1.82, 2.24) is 0 Å². The van der Waals surface area contributed by atoms with E-state index in [4.69, 9.17) is 4.74 Å². The Hall–Kier alpha value is -0.300. The van der Waals surface area contributed by atoms with Crippen LogP contribution in [-0.2, 0) is 4.74 Å². The van der Waals surface area contributed by atoms with Crippen molar-refractivity contribution in [3.05, 3.63) is 12.2 Å². The fraction of sp³-hybridized carbons (Fsp3) is 0.714. The number of rotatable bonds is 3. The van der Waals surface area contributed by atoms with Crippen LogP contribution < -0.4 is 0 Å². The van der Waals surface area contributed by atoms with Crippen molar-refractivity contribution in [2.24, 2.45) is 0 Å². The summed E-state index contributed by atoms with van der Waals surface area (Å²) < 4.78 is 4.97. The molecule has 0 radical (unpaired) electrons. The fourth-order valence-corrected chi connectivity index (χ4v) is 0.406. The highest BCUT2D eigenvalue weighted by atomic mass is 16.5. The van der Waals surface area contributed by atoms with E-state index in [-0.39, 0.29) is 6.10 Å². The van der Waals surface area contributed by atoms with Crippen LogP contribution in [-0.4, -0.2) is 13.2 Å². The minimum Gasteiger partial charge on any atom is -0.378 e. The summed E-state index contributed by atoms with van der Waals surface area (Å²) in [6, 6.07) is 0. The highest BCUT2D eigenvalue weighted by molar-refractivity contribution is 4.85. The van der Waals surface area contributed by atoms with Crippen LogP contribution in [0.2, 0.25) is 0 Å². The third kappa shape index (κ3) is 3.88. The molecule has 0 unspecified atom stereocenters. The van der Waals surface area contributed by atoms with Gasteiger partial charge in [-0.3, -0.25) is 0 Å². The zero-order chi connectivity index (χ0) is 6.41. The van der Waals surface area contributed by atoms with E-state index in [1.807, 2.05) is 6.92 Å². The molecule has 0 spiro atoms. The number of hydrogen-bond donors (Lipinski definition) is 0. The Morgan fingerprint density at radius 3 is 2.62 bits per heavy atom. The number of ether oxygens (including phenoxy) is 1. The maximum atomic E-state index is 4.97. The first kappa shape index (κ1) is 7.70. The van der Waals surface area contributed by atoms with Crippen LogP contribution in [0.5, 0.6) is 0 Å². The lowest BCUT2D eigenvalue weighted by Crippen LogP contribution is -1.97. The zero-order valence-electron chi connectivity index (χ0n) is 5.85. The summed E-state index contributed by atoms with van der Waals surface area (Å²) in [5.74, 6) is 0. The van der Waals surface area contributed by atoms with Gasteiger partial charge in [-0.25, -0.2) is 0 Å². The molecule has 8 heavy (non-hydrogen) atoms. The molecule has 1 atom stereocenters. The minimum atomic E-state index is 0.273. The van der Waals surface area contributed by atoms with E-state index in [0.29, 0.717) is 0 Å². The highest BCUT2D eigenvalue weighted by Crippen LogP contribution is 1.90. The molecule has 0 aliphatic rings. The summed E-state index contributed by atoms with van der Waals surface area (Å²) in [6.07, 6.45) is 5.52. The van der Waals surface area contributed by atoms with Gasteiger partial charge in [-0.05, 0) is 13.3 Å². The van der Waals surface area contributed by atoms with Crippen LogP contribution in [0.25, 0.3) is 0 Å². The van der Waals surface area contributed by atoms with Gasteiger partial charge in [0, 0.05) is 7.11 Å². The molecule has 0 bridgehead atoms. The van der Waals surface area contributed by atoms with Crippen molar-refractivity contribution in [1.29, 1.82) is 0 Å². The molecule has 1 nitrogen and oxygen atoms in total. The van der Waals surface area contributed by atoms with Gasteiger partial charge in [0.05, 0.1) is 6.10 Å². The second-order valence-corrected chi connectivity index (χ2v) is 1.78. The SMILES string of the molecule is CC/C=C/[C@@H](C)OC. The van der Waals surface area contributed by atoms with Crippen molar-refractivity contribution in [3.63, 3.8) is 0 Å². The molecule has 0 aliphatic carbocycles. The van der Waals surface area contributed by atoms with Gasteiger partial charge in [-0.2, -0.15) is 0 Å². The van der Waals surface area contributed by atoms with Crippen LogP contribution >= 0.6 is 0 Å². The molecule has 0 aromatic carbocycles. The minimum absolute atomic E-state index is 0.273. The van der Waals surface area contributed by atoms with E-state index in [1.54, 1.807) is 7.11 Å². The van der Waals surface area contributed by atoms with Gasteiger partial charge in [0.2, 0.25) is 0 Å². The molecule has 0 aliphatic heterocycles. The average molecular weight is 114 g/mol. The van der Waals surface area contributed by atoms with Gasteiger partial charge in [0.25, 0.3) is 0 Å². The largest absolute Gasteiger partial charge is 0.378 e. The Morgan fingerprint density at radius 2 is 2.25 bits per heavy atom. The average Bonchev–Trinajstić information content (AvgIpc) is 1.83. The summed E-state index contributed by atoms with van der Waals surface area (Å²) in [6.45, 7) is 4.13. The smallest absolute Gasteiger partial charge is 0.0723 e. The molecule has 0 saturated heterocycles. The quantitative estimate of drug-likeness (QED) is 0.510. The number of allylic oxidation sites excluding steroid dienone is 1. The molecule has 0 saturated carbocycles. The lowest BCUT2D eigenvalue weighted by Gasteiger charge is -1.99. The molecule has 0 N–H and O–H groups in total. The fourth-order valence-electron chi connectivity index (χ4n) is 0.406. The Morgan fingerprint density at radius 1 is 1.62 bits per heavy atom. The molecule has 0 fully saturated rings. The van der Waals surface area contributed by atoms with E-state index in [9.17, 15) is 0 Å². The van der Waals surface area contributed by atoms with Gasteiger partial charge >= 0.3 is 0 Å². The van der Waals surface area contributed by atoms with Crippen LogP contribution in [0.15, 0.2) is 12.2 Å². The van der Waals surface area contributed by atoms with Crippen molar-refractivity contribution < 1.29 is 4.74 Å². The van der Waals surface area contributed by atoms with Crippen molar-refractivity contribution in [2.75, 3.05) is 7.11 Å². The molecule has 0 heterocycles. The lowest BCUT2D eigenvalue weighted by molar-refractivity contribution is 0.156. The van der Waals surface area contributed by atoms with Crippen LogP contribution in [0.1, 0.15) is 20.3 Å². The number of methoxy groups -OCH3 is 1. The first-order valence-corrected chi connectivity index (χ1v) is 3.00. The maximum absolute atomic E-state index is 4.97. The second-order valence-electron chi connectivity index (χ2n) is 1.78. The van der Waals surface area contributed by atoms with Gasteiger partial charge in [0.15, 0.2) is 0 Å². The van der Waals surface area contributed by atoms with Crippen molar-refractivity contribution >= 4 is 0 Å². The molecule has 0 aromatic heterocycles. The Kier molecular flexibility index (Phi) is 4.67. The predicted octanol–water partition coefficient (Wildman–Crippen LogP) is 1.99. The normalized spacial score (nSPS) is 14.9. The summed E-state index contributed by atoms with van der Waals surface area (Å²) in [4.78, 5) is 0. The van der Waals surface area contributed by atoms with E-state index in [1.165, 1.54) is 0 Å². The lowest BCUT2D eigenvalue weighted by atomic mass is 10.3. The van der Waals surface area contributed by atoms with E-state index < -0.39 is 0 Å². The number of hydrogen-bond acceptors (Lipinski definition) is 1. The van der Waals surface area contributed by atoms with E-state index in [0.717, 1.165) is 6.42 Å². The van der Waals surface area contributed by atoms with Gasteiger partial charge in [-0.15, -0.1) is 0 Å². The molecular formula is C7H14O. The second kappa shape index (κ2) is 4.85. The summed E-state index contributed by atoms with van der Waals surface area (Å²) in [7, 11) is 1.71. The molecule has 0 rings (SSSR count). The predicted molar refractivity (Wildman–Crippen MR) is 35.9 cm³/mol. The zero-order valence-corrected chi connectivity index (χ0v) is 5.85. The summed E-state index contributed by atoms with van der Waals surface area (Å²) >= 11 is 0. The molecular weight excluding hydrogens is 100 g/mol. The van der Waals surface area contributed by atoms with Crippen LogP contribution in [0.4, 0.5) is 0 Å². The first-order valence-electron chi connectivity index (χ1n) is 3.00. The van der Waals surface area contributed by atoms with Gasteiger partial charge < -0.3 is 4.74 Å². The van der Waals surface area contributed by atoms with E-state index in [2.05, 4.69) is 19.1 Å². The van der Waals surface area contributed by atoms with Crippen LogP contribution in [0, 0.1) is 0 Å². The first-order chi connectivity index (χ1) is 3.81.